The highest BCUT2D eigenvalue weighted by Gasteiger charge is 2.09. The van der Waals surface area contributed by atoms with Crippen LogP contribution in [0.25, 0.3) is 0 Å². The van der Waals surface area contributed by atoms with Gasteiger partial charge in [-0.15, -0.1) is 0 Å². The van der Waals surface area contributed by atoms with Gasteiger partial charge in [-0.2, -0.15) is 4.37 Å². The van der Waals surface area contributed by atoms with Gasteiger partial charge < -0.3 is 0 Å². The van der Waals surface area contributed by atoms with Crippen LogP contribution in [0.1, 0.15) is 11.4 Å². The van der Waals surface area contributed by atoms with Crippen LogP contribution >= 0.6 is 39.1 Å². The van der Waals surface area contributed by atoms with Crippen molar-refractivity contribution in [1.82, 2.24) is 9.36 Å². The van der Waals surface area contributed by atoms with E-state index in [9.17, 15) is 4.39 Å². The van der Waals surface area contributed by atoms with Crippen molar-refractivity contribution in [3.05, 3.63) is 44.3 Å². The highest BCUT2D eigenvalue weighted by molar-refractivity contribution is 9.11. The van der Waals surface area contributed by atoms with E-state index < -0.39 is 5.82 Å². The van der Waals surface area contributed by atoms with Crippen LogP contribution in [-0.4, -0.2) is 9.36 Å². The maximum absolute atomic E-state index is 13.5. The molecule has 0 amide bonds. The molecule has 1 heterocycles. The summed E-state index contributed by atoms with van der Waals surface area (Å²) in [5, 5.41) is 0.127. The molecule has 6 heteroatoms. The van der Waals surface area contributed by atoms with E-state index in [1.165, 1.54) is 17.6 Å². The van der Waals surface area contributed by atoms with Crippen LogP contribution in [0, 0.1) is 5.82 Å². The summed E-state index contributed by atoms with van der Waals surface area (Å²) in [5.74, 6) is 0.193. The average molecular weight is 308 g/mol. The molecule has 2 nitrogen and oxygen atoms in total. The van der Waals surface area contributed by atoms with Gasteiger partial charge in [0.1, 0.15) is 11.6 Å². The largest absolute Gasteiger partial charge is 0.212 e. The fourth-order valence-corrected chi connectivity index (χ4v) is 2.21. The molecule has 1 aromatic carbocycles. The molecule has 1 aromatic heterocycles. The van der Waals surface area contributed by atoms with Gasteiger partial charge in [-0.25, -0.2) is 9.37 Å². The maximum atomic E-state index is 13.5. The molecule has 0 radical (unpaired) electrons. The Hall–Kier alpha value is -0.520. The van der Waals surface area contributed by atoms with Crippen molar-refractivity contribution in [2.75, 3.05) is 0 Å². The average Bonchev–Trinajstić information content (AvgIpc) is 2.59. The first-order valence-electron chi connectivity index (χ1n) is 4.08. The van der Waals surface area contributed by atoms with Crippen molar-refractivity contribution in [3.63, 3.8) is 0 Å². The van der Waals surface area contributed by atoms with Crippen LogP contribution in [0.15, 0.2) is 22.1 Å². The molecule has 0 fully saturated rings. The van der Waals surface area contributed by atoms with Crippen LogP contribution in [0.3, 0.4) is 0 Å². The number of nitrogens with zero attached hydrogens (tertiary/aromatic N) is 2. The van der Waals surface area contributed by atoms with Crippen molar-refractivity contribution in [1.29, 1.82) is 0 Å². The molecule has 2 aromatic rings. The quantitative estimate of drug-likeness (QED) is 0.846. The van der Waals surface area contributed by atoms with Crippen LogP contribution in [0.2, 0.25) is 5.02 Å². The van der Waals surface area contributed by atoms with E-state index in [4.69, 9.17) is 11.6 Å². The number of halogens is 3. The lowest BCUT2D eigenvalue weighted by atomic mass is 10.1. The lowest BCUT2D eigenvalue weighted by Gasteiger charge is -2.00. The summed E-state index contributed by atoms with van der Waals surface area (Å²) in [6.07, 6.45) is 0.356. The van der Waals surface area contributed by atoms with Gasteiger partial charge in [0, 0.05) is 6.42 Å². The Morgan fingerprint density at radius 3 is 2.93 bits per heavy atom. The first-order chi connectivity index (χ1) is 7.16. The van der Waals surface area contributed by atoms with Crippen molar-refractivity contribution >= 4 is 39.1 Å². The third kappa shape index (κ3) is 2.53. The molecule has 0 aliphatic rings. The Balaban J connectivity index is 2.28. The summed E-state index contributed by atoms with van der Waals surface area (Å²) >= 11 is 10.1. The standard InChI is InChI=1S/C9H5BrClFN2S/c10-9-13-7(14-15-9)4-5-2-1-3-6(11)8(5)12/h1-3H,4H2. The summed E-state index contributed by atoms with van der Waals surface area (Å²) in [7, 11) is 0. The van der Waals surface area contributed by atoms with E-state index in [1.54, 1.807) is 12.1 Å². The van der Waals surface area contributed by atoms with Crippen LogP contribution in [0.4, 0.5) is 4.39 Å². The molecule has 78 valence electrons. The number of hydrogen-bond acceptors (Lipinski definition) is 3. The number of rotatable bonds is 2. The number of hydrogen-bond donors (Lipinski definition) is 0. The topological polar surface area (TPSA) is 25.8 Å². The number of benzene rings is 1. The van der Waals surface area contributed by atoms with Gasteiger partial charge in [-0.3, -0.25) is 0 Å². The monoisotopic (exact) mass is 306 g/mol. The summed E-state index contributed by atoms with van der Waals surface area (Å²) in [6, 6.07) is 4.91. The predicted molar refractivity (Wildman–Crippen MR) is 61.8 cm³/mol. The molecule has 0 bridgehead atoms. The van der Waals surface area contributed by atoms with Crippen LogP contribution in [0.5, 0.6) is 0 Å². The Morgan fingerprint density at radius 2 is 2.27 bits per heavy atom. The fourth-order valence-electron chi connectivity index (χ4n) is 1.16. The zero-order valence-corrected chi connectivity index (χ0v) is 10.5. The second-order valence-electron chi connectivity index (χ2n) is 2.85. The van der Waals surface area contributed by atoms with Gasteiger partial charge in [-0.05, 0) is 39.1 Å². The van der Waals surface area contributed by atoms with Gasteiger partial charge in [0.15, 0.2) is 3.92 Å². The van der Waals surface area contributed by atoms with Crippen molar-refractivity contribution < 1.29 is 4.39 Å². The lowest BCUT2D eigenvalue weighted by molar-refractivity contribution is 0.613. The summed E-state index contributed by atoms with van der Waals surface area (Å²) in [4.78, 5) is 4.09. The molecule has 0 spiro atoms. The second-order valence-corrected chi connectivity index (χ2v) is 5.29. The number of aromatic nitrogens is 2. The van der Waals surface area contributed by atoms with Crippen molar-refractivity contribution in [3.8, 4) is 0 Å². The minimum atomic E-state index is -0.398. The van der Waals surface area contributed by atoms with Gasteiger partial charge in [0.05, 0.1) is 5.02 Å². The highest BCUT2D eigenvalue weighted by Crippen LogP contribution is 2.21. The van der Waals surface area contributed by atoms with Gasteiger partial charge in [-0.1, -0.05) is 23.7 Å². The van der Waals surface area contributed by atoms with Crippen molar-refractivity contribution in [2.45, 2.75) is 6.42 Å². The summed E-state index contributed by atoms with van der Waals surface area (Å²) in [6.45, 7) is 0. The molecule has 0 saturated heterocycles. The zero-order valence-electron chi connectivity index (χ0n) is 7.38. The predicted octanol–water partition coefficient (Wildman–Crippen LogP) is 3.68. The first kappa shape index (κ1) is 11.0. The normalized spacial score (nSPS) is 10.6. The Bertz CT molecular complexity index is 489. The smallest absolute Gasteiger partial charge is 0.179 e. The van der Waals surface area contributed by atoms with Gasteiger partial charge in [0.25, 0.3) is 0 Å². The molecule has 2 rings (SSSR count). The highest BCUT2D eigenvalue weighted by atomic mass is 79.9. The van der Waals surface area contributed by atoms with Crippen LogP contribution in [-0.2, 0) is 6.42 Å². The SMILES string of the molecule is Fc1c(Cl)cccc1Cc1nsc(Br)n1. The van der Waals surface area contributed by atoms with E-state index in [-0.39, 0.29) is 5.02 Å². The van der Waals surface area contributed by atoms with E-state index in [2.05, 4.69) is 25.3 Å². The zero-order chi connectivity index (χ0) is 10.8. The molecule has 0 atom stereocenters. The molecule has 0 unspecified atom stereocenters. The first-order valence-corrected chi connectivity index (χ1v) is 6.02. The molecule has 15 heavy (non-hydrogen) atoms. The van der Waals surface area contributed by atoms with E-state index in [0.717, 1.165) is 0 Å². The lowest BCUT2D eigenvalue weighted by Crippen LogP contribution is -1.94. The van der Waals surface area contributed by atoms with E-state index in [1.807, 2.05) is 0 Å². The maximum Gasteiger partial charge on any atom is 0.179 e. The third-order valence-corrected chi connectivity index (χ3v) is 3.27. The summed E-state index contributed by atoms with van der Waals surface area (Å²) < 4.78 is 18.2. The Morgan fingerprint density at radius 1 is 1.47 bits per heavy atom. The van der Waals surface area contributed by atoms with E-state index in [0.29, 0.717) is 21.7 Å². The van der Waals surface area contributed by atoms with E-state index >= 15 is 0 Å². The fraction of sp³-hybridized carbons (Fsp3) is 0.111. The minimum Gasteiger partial charge on any atom is -0.212 e. The van der Waals surface area contributed by atoms with Crippen LogP contribution < -0.4 is 0 Å². The molecule has 0 N–H and O–H groups in total. The Labute approximate surface area is 103 Å². The second kappa shape index (κ2) is 4.55. The minimum absolute atomic E-state index is 0.127. The molecular weight excluding hydrogens is 303 g/mol. The van der Waals surface area contributed by atoms with Gasteiger partial charge >= 0.3 is 0 Å². The molecule has 0 aliphatic carbocycles. The molecule has 0 saturated carbocycles. The van der Waals surface area contributed by atoms with Crippen molar-refractivity contribution in [2.24, 2.45) is 0 Å². The third-order valence-electron chi connectivity index (χ3n) is 1.82. The molecular formula is C9H5BrClFN2S. The van der Waals surface area contributed by atoms with Gasteiger partial charge in [0.2, 0.25) is 0 Å². The molecule has 0 aliphatic heterocycles. The summed E-state index contributed by atoms with van der Waals surface area (Å²) in [5.41, 5.74) is 0.507. The Kier molecular flexibility index (Phi) is 3.33.